The van der Waals surface area contributed by atoms with E-state index in [1.807, 2.05) is 4.90 Å². The first kappa shape index (κ1) is 16.7. The quantitative estimate of drug-likeness (QED) is 0.864. The van der Waals surface area contributed by atoms with Crippen LogP contribution in [0, 0.1) is 5.92 Å². The van der Waals surface area contributed by atoms with Crippen molar-refractivity contribution in [2.45, 2.75) is 50.5 Å². The molecule has 0 spiro atoms. The molecule has 0 aromatic heterocycles. The number of carbonyl (C=O) groups is 1. The van der Waals surface area contributed by atoms with Crippen molar-refractivity contribution in [2.24, 2.45) is 11.7 Å². The van der Waals surface area contributed by atoms with Gasteiger partial charge < -0.3 is 15.4 Å². The third kappa shape index (κ3) is 4.07. The molecule has 2 N–H and O–H groups in total. The van der Waals surface area contributed by atoms with Crippen molar-refractivity contribution in [3.63, 3.8) is 0 Å². The van der Waals surface area contributed by atoms with Gasteiger partial charge in [0.05, 0.1) is 5.54 Å². The molecule has 0 radical (unpaired) electrons. The summed E-state index contributed by atoms with van der Waals surface area (Å²) in [5.41, 5.74) is 5.75. The summed E-state index contributed by atoms with van der Waals surface area (Å²) in [6, 6.07) is 0. The molecule has 0 atom stereocenters. The number of methoxy groups -OCH3 is 1. The van der Waals surface area contributed by atoms with E-state index in [1.165, 1.54) is 6.42 Å². The Bertz CT molecular complexity index is 285. The zero-order valence-corrected chi connectivity index (χ0v) is 12.7. The first-order valence-corrected chi connectivity index (χ1v) is 7.23. The van der Waals surface area contributed by atoms with Gasteiger partial charge in [0.25, 0.3) is 0 Å². The lowest BCUT2D eigenvalue weighted by Gasteiger charge is -2.39. The molecular weight excluding hydrogens is 264 g/mol. The summed E-state index contributed by atoms with van der Waals surface area (Å²) in [7, 11) is 1.74. The average molecular weight is 291 g/mol. The molecule has 1 saturated heterocycles. The maximum atomic E-state index is 12.5. The second kappa shape index (κ2) is 7.46. The van der Waals surface area contributed by atoms with Crippen molar-refractivity contribution < 1.29 is 9.53 Å². The molecule has 1 amide bonds. The number of amides is 1. The molecule has 0 aromatic rings. The number of likely N-dealkylation sites (tertiary alicyclic amines) is 1. The van der Waals surface area contributed by atoms with Crippen LogP contribution in [0.1, 0.15) is 44.9 Å². The van der Waals surface area contributed by atoms with Gasteiger partial charge >= 0.3 is 0 Å². The monoisotopic (exact) mass is 290 g/mol. The number of rotatable bonds is 3. The van der Waals surface area contributed by atoms with E-state index < -0.39 is 5.54 Å². The van der Waals surface area contributed by atoms with Crippen LogP contribution in [0.2, 0.25) is 0 Å². The van der Waals surface area contributed by atoms with Gasteiger partial charge in [-0.1, -0.05) is 19.3 Å². The summed E-state index contributed by atoms with van der Waals surface area (Å²) in [6.45, 7) is 2.52. The van der Waals surface area contributed by atoms with Crippen molar-refractivity contribution in [1.29, 1.82) is 0 Å². The molecule has 2 rings (SSSR count). The molecular formula is C14H27ClN2O2. The van der Waals surface area contributed by atoms with Crippen molar-refractivity contribution in [1.82, 2.24) is 4.90 Å². The highest BCUT2D eigenvalue weighted by atomic mass is 35.5. The lowest BCUT2D eigenvalue weighted by Crippen LogP contribution is -2.57. The molecule has 1 aliphatic carbocycles. The minimum absolute atomic E-state index is 0. The van der Waals surface area contributed by atoms with Crippen molar-refractivity contribution >= 4 is 18.3 Å². The molecule has 1 heterocycles. The van der Waals surface area contributed by atoms with Gasteiger partial charge in [-0.2, -0.15) is 0 Å². The molecule has 0 unspecified atom stereocenters. The summed E-state index contributed by atoms with van der Waals surface area (Å²) >= 11 is 0. The normalized spacial score (nSPS) is 23.8. The summed E-state index contributed by atoms with van der Waals surface area (Å²) < 4.78 is 5.19. The minimum Gasteiger partial charge on any atom is -0.384 e. The summed E-state index contributed by atoms with van der Waals surface area (Å²) in [5, 5.41) is 0. The van der Waals surface area contributed by atoms with Crippen LogP contribution in [0.3, 0.4) is 0 Å². The van der Waals surface area contributed by atoms with Gasteiger partial charge in [-0.3, -0.25) is 4.79 Å². The van der Waals surface area contributed by atoms with Crippen LogP contribution >= 0.6 is 12.4 Å². The van der Waals surface area contributed by atoms with E-state index in [9.17, 15) is 4.79 Å². The number of halogens is 1. The Kier molecular flexibility index (Phi) is 6.57. The molecule has 4 nitrogen and oxygen atoms in total. The average Bonchev–Trinajstić information content (AvgIpc) is 2.40. The number of hydrogen-bond acceptors (Lipinski definition) is 3. The number of nitrogens with two attached hydrogens (primary N) is 1. The SMILES string of the molecule is COCC1CCN(C(=O)C2(N)CCCCC2)CC1.Cl. The highest BCUT2D eigenvalue weighted by Crippen LogP contribution is 2.29. The Labute approximate surface area is 122 Å². The predicted octanol–water partition coefficient (Wildman–Crippen LogP) is 1.95. The van der Waals surface area contributed by atoms with E-state index in [2.05, 4.69) is 0 Å². The smallest absolute Gasteiger partial charge is 0.242 e. The van der Waals surface area contributed by atoms with Gasteiger partial charge in [0.15, 0.2) is 0 Å². The lowest BCUT2D eigenvalue weighted by atomic mass is 9.81. The van der Waals surface area contributed by atoms with E-state index >= 15 is 0 Å². The molecule has 2 fully saturated rings. The van der Waals surface area contributed by atoms with Gasteiger partial charge in [-0.05, 0) is 31.6 Å². The van der Waals surface area contributed by atoms with E-state index in [0.29, 0.717) is 5.92 Å². The Balaban J connectivity index is 0.00000180. The first-order valence-electron chi connectivity index (χ1n) is 7.23. The lowest BCUT2D eigenvalue weighted by molar-refractivity contribution is -0.140. The van der Waals surface area contributed by atoms with Crippen LogP contribution < -0.4 is 5.73 Å². The molecule has 0 bridgehead atoms. The summed E-state index contributed by atoms with van der Waals surface area (Å²) in [4.78, 5) is 14.5. The molecule has 1 saturated carbocycles. The zero-order chi connectivity index (χ0) is 13.0. The van der Waals surface area contributed by atoms with Crippen LogP contribution in [-0.2, 0) is 9.53 Å². The Morgan fingerprint density at radius 1 is 1.26 bits per heavy atom. The highest BCUT2D eigenvalue weighted by Gasteiger charge is 2.39. The van der Waals surface area contributed by atoms with E-state index in [-0.39, 0.29) is 18.3 Å². The molecule has 112 valence electrons. The van der Waals surface area contributed by atoms with Gasteiger partial charge in [0.2, 0.25) is 5.91 Å². The third-order valence-corrected chi connectivity index (χ3v) is 4.48. The summed E-state index contributed by atoms with van der Waals surface area (Å²) in [5.74, 6) is 0.803. The number of carbonyl (C=O) groups excluding carboxylic acids is 1. The van der Waals surface area contributed by atoms with Crippen molar-refractivity contribution in [3.8, 4) is 0 Å². The second-order valence-electron chi connectivity index (χ2n) is 5.91. The van der Waals surface area contributed by atoms with E-state index in [1.54, 1.807) is 7.11 Å². The fraction of sp³-hybridized carbons (Fsp3) is 0.929. The molecule has 2 aliphatic rings. The number of piperidine rings is 1. The predicted molar refractivity (Wildman–Crippen MR) is 78.4 cm³/mol. The molecule has 1 aliphatic heterocycles. The standard InChI is InChI=1S/C14H26N2O2.ClH/c1-18-11-12-5-9-16(10-6-12)13(17)14(15)7-3-2-4-8-14;/h12H,2-11,15H2,1H3;1H. The number of ether oxygens (including phenoxy) is 1. The van der Waals surface area contributed by atoms with Crippen LogP contribution in [-0.4, -0.2) is 43.2 Å². The molecule has 19 heavy (non-hydrogen) atoms. The number of hydrogen-bond donors (Lipinski definition) is 1. The first-order chi connectivity index (χ1) is 8.65. The largest absolute Gasteiger partial charge is 0.384 e. The number of nitrogens with zero attached hydrogens (tertiary/aromatic N) is 1. The van der Waals surface area contributed by atoms with Crippen LogP contribution in [0.4, 0.5) is 0 Å². The Hall–Kier alpha value is -0.320. The second-order valence-corrected chi connectivity index (χ2v) is 5.91. The third-order valence-electron chi connectivity index (χ3n) is 4.48. The van der Waals surface area contributed by atoms with E-state index in [0.717, 1.165) is 58.2 Å². The van der Waals surface area contributed by atoms with E-state index in [4.69, 9.17) is 10.5 Å². The Morgan fingerprint density at radius 3 is 2.37 bits per heavy atom. The van der Waals surface area contributed by atoms with Crippen molar-refractivity contribution in [2.75, 3.05) is 26.8 Å². The Morgan fingerprint density at radius 2 is 1.84 bits per heavy atom. The fourth-order valence-corrected chi connectivity index (χ4v) is 3.25. The highest BCUT2D eigenvalue weighted by molar-refractivity contribution is 5.86. The fourth-order valence-electron chi connectivity index (χ4n) is 3.25. The van der Waals surface area contributed by atoms with Gasteiger partial charge in [0.1, 0.15) is 0 Å². The molecule has 5 heteroatoms. The van der Waals surface area contributed by atoms with Gasteiger partial charge in [-0.25, -0.2) is 0 Å². The van der Waals surface area contributed by atoms with Crippen LogP contribution in [0.15, 0.2) is 0 Å². The molecule has 0 aromatic carbocycles. The summed E-state index contributed by atoms with van der Waals surface area (Å²) in [6.07, 6.45) is 7.26. The van der Waals surface area contributed by atoms with Gasteiger partial charge in [0, 0.05) is 26.8 Å². The van der Waals surface area contributed by atoms with Crippen LogP contribution in [0.25, 0.3) is 0 Å². The van der Waals surface area contributed by atoms with Crippen molar-refractivity contribution in [3.05, 3.63) is 0 Å². The maximum absolute atomic E-state index is 12.5. The maximum Gasteiger partial charge on any atom is 0.242 e. The van der Waals surface area contributed by atoms with Crippen LogP contribution in [0.5, 0.6) is 0 Å². The zero-order valence-electron chi connectivity index (χ0n) is 11.9. The minimum atomic E-state index is -0.563. The van der Waals surface area contributed by atoms with Gasteiger partial charge in [-0.15, -0.1) is 12.4 Å². The topological polar surface area (TPSA) is 55.6 Å².